The summed E-state index contributed by atoms with van der Waals surface area (Å²) in [4.78, 5) is 12.7. The zero-order valence-corrected chi connectivity index (χ0v) is 17.2. The molecule has 0 spiro atoms. The summed E-state index contributed by atoms with van der Waals surface area (Å²) in [6.45, 7) is 5.33. The quantitative estimate of drug-likeness (QED) is 0.787. The van der Waals surface area contributed by atoms with Gasteiger partial charge < -0.3 is 5.32 Å². The van der Waals surface area contributed by atoms with Gasteiger partial charge in [0, 0.05) is 10.7 Å². The third kappa shape index (κ3) is 4.90. The summed E-state index contributed by atoms with van der Waals surface area (Å²) in [6.07, 6.45) is 1.02. The first-order valence-electron chi connectivity index (χ1n) is 7.82. The molecule has 26 heavy (non-hydrogen) atoms. The van der Waals surface area contributed by atoms with Crippen LogP contribution in [0.3, 0.4) is 0 Å². The Balaban J connectivity index is 2.39. The molecular formula is C18H20Cl2N2O3S. The summed E-state index contributed by atoms with van der Waals surface area (Å²) in [7, 11) is -3.78. The largest absolute Gasteiger partial charge is 0.324 e. The zero-order chi connectivity index (χ0) is 19.6. The number of rotatable bonds is 5. The van der Waals surface area contributed by atoms with Gasteiger partial charge in [-0.1, -0.05) is 29.3 Å². The Labute approximate surface area is 164 Å². The van der Waals surface area contributed by atoms with E-state index in [1.54, 1.807) is 6.07 Å². The predicted octanol–water partition coefficient (Wildman–Crippen LogP) is 4.40. The summed E-state index contributed by atoms with van der Waals surface area (Å²) in [5.74, 6) is -0.475. The normalized spacial score (nSPS) is 12.5. The molecule has 8 heteroatoms. The number of carbonyl (C=O) groups excluding carboxylic acids is 1. The van der Waals surface area contributed by atoms with E-state index in [0.29, 0.717) is 10.7 Å². The minimum Gasteiger partial charge on any atom is -0.324 e. The lowest BCUT2D eigenvalue weighted by Gasteiger charge is -2.29. The molecule has 2 rings (SSSR count). The first-order valence-corrected chi connectivity index (χ1v) is 10.4. The maximum absolute atomic E-state index is 12.7. The van der Waals surface area contributed by atoms with Crippen LogP contribution in [-0.2, 0) is 14.8 Å². The van der Waals surface area contributed by atoms with Crippen LogP contribution in [0.2, 0.25) is 10.0 Å². The summed E-state index contributed by atoms with van der Waals surface area (Å²) < 4.78 is 25.7. The Kier molecular flexibility index (Phi) is 6.21. The van der Waals surface area contributed by atoms with Crippen LogP contribution >= 0.6 is 23.2 Å². The van der Waals surface area contributed by atoms with Crippen molar-refractivity contribution in [2.24, 2.45) is 0 Å². The van der Waals surface area contributed by atoms with Gasteiger partial charge in [0.15, 0.2) is 0 Å². The Bertz CT molecular complexity index is 925. The second-order valence-electron chi connectivity index (χ2n) is 6.20. The van der Waals surface area contributed by atoms with Crippen LogP contribution in [0.5, 0.6) is 0 Å². The van der Waals surface area contributed by atoms with Crippen molar-refractivity contribution in [3.8, 4) is 0 Å². The fourth-order valence-electron chi connectivity index (χ4n) is 2.73. The molecule has 0 radical (unpaired) electrons. The van der Waals surface area contributed by atoms with Crippen LogP contribution in [-0.4, -0.2) is 26.6 Å². The number of nitrogens with one attached hydrogen (secondary N) is 1. The van der Waals surface area contributed by atoms with E-state index in [9.17, 15) is 13.2 Å². The van der Waals surface area contributed by atoms with E-state index >= 15 is 0 Å². The van der Waals surface area contributed by atoms with Gasteiger partial charge in [0.1, 0.15) is 6.04 Å². The van der Waals surface area contributed by atoms with Crippen molar-refractivity contribution in [3.05, 3.63) is 57.6 Å². The highest BCUT2D eigenvalue weighted by molar-refractivity contribution is 7.92. The monoisotopic (exact) mass is 414 g/mol. The summed E-state index contributed by atoms with van der Waals surface area (Å²) >= 11 is 12.1. The van der Waals surface area contributed by atoms with Gasteiger partial charge in [-0.25, -0.2) is 8.42 Å². The molecule has 2 aromatic carbocycles. The third-order valence-corrected chi connectivity index (χ3v) is 5.51. The summed E-state index contributed by atoms with van der Waals surface area (Å²) in [6, 6.07) is 9.05. The molecule has 5 nitrogen and oxygen atoms in total. The molecule has 0 aliphatic heterocycles. The minimum absolute atomic E-state index is 0.157. The number of hydrogen-bond acceptors (Lipinski definition) is 3. The fourth-order valence-corrected chi connectivity index (χ4v) is 4.33. The molecule has 0 aromatic heterocycles. The number of nitrogens with zero attached hydrogens (tertiary/aromatic N) is 1. The van der Waals surface area contributed by atoms with E-state index in [0.717, 1.165) is 21.7 Å². The lowest BCUT2D eigenvalue weighted by atomic mass is 10.1. The summed E-state index contributed by atoms with van der Waals surface area (Å²) in [5, 5.41) is 3.26. The fraction of sp³-hybridized carbons (Fsp3) is 0.278. The second-order valence-corrected chi connectivity index (χ2v) is 8.90. The van der Waals surface area contributed by atoms with E-state index in [2.05, 4.69) is 5.32 Å². The molecule has 140 valence electrons. The number of halogens is 2. The van der Waals surface area contributed by atoms with Crippen LogP contribution < -0.4 is 9.62 Å². The van der Waals surface area contributed by atoms with Crippen molar-refractivity contribution in [3.63, 3.8) is 0 Å². The Hall–Kier alpha value is -1.76. The average molecular weight is 415 g/mol. The molecule has 1 atom stereocenters. The van der Waals surface area contributed by atoms with Gasteiger partial charge in [-0.2, -0.15) is 0 Å². The second kappa shape index (κ2) is 7.86. The van der Waals surface area contributed by atoms with Gasteiger partial charge in [-0.15, -0.1) is 0 Å². The molecule has 0 unspecified atom stereocenters. The van der Waals surface area contributed by atoms with Crippen molar-refractivity contribution >= 4 is 50.5 Å². The van der Waals surface area contributed by atoms with Gasteiger partial charge >= 0.3 is 0 Å². The average Bonchev–Trinajstić information content (AvgIpc) is 2.48. The predicted molar refractivity (Wildman–Crippen MR) is 108 cm³/mol. The number of hydrogen-bond donors (Lipinski definition) is 1. The number of sulfonamides is 1. The van der Waals surface area contributed by atoms with E-state index in [1.807, 2.05) is 32.0 Å². The van der Waals surface area contributed by atoms with Crippen LogP contribution in [0.15, 0.2) is 36.4 Å². The van der Waals surface area contributed by atoms with Crippen LogP contribution in [0.25, 0.3) is 0 Å². The van der Waals surface area contributed by atoms with Crippen LogP contribution in [0.4, 0.5) is 11.4 Å². The van der Waals surface area contributed by atoms with Crippen molar-refractivity contribution in [2.75, 3.05) is 15.9 Å². The number of amides is 1. The van der Waals surface area contributed by atoms with Crippen molar-refractivity contribution in [1.29, 1.82) is 0 Å². The number of benzene rings is 2. The highest BCUT2D eigenvalue weighted by Crippen LogP contribution is 2.32. The highest BCUT2D eigenvalue weighted by atomic mass is 35.5. The Morgan fingerprint density at radius 3 is 2.19 bits per heavy atom. The van der Waals surface area contributed by atoms with Gasteiger partial charge in [0.25, 0.3) is 0 Å². The molecule has 0 bridgehead atoms. The Morgan fingerprint density at radius 2 is 1.65 bits per heavy atom. The van der Waals surface area contributed by atoms with E-state index < -0.39 is 22.0 Å². The van der Waals surface area contributed by atoms with Gasteiger partial charge in [-0.05, 0) is 62.2 Å². The third-order valence-electron chi connectivity index (χ3n) is 3.72. The Morgan fingerprint density at radius 1 is 1.08 bits per heavy atom. The maximum atomic E-state index is 12.7. The van der Waals surface area contributed by atoms with Crippen molar-refractivity contribution in [2.45, 2.75) is 26.8 Å². The molecule has 1 amide bonds. The van der Waals surface area contributed by atoms with E-state index in [-0.39, 0.29) is 10.7 Å². The standard InChI is InChI=1S/C18H20Cl2N2O3S/c1-11-7-12(2)9-15(8-11)21-18(23)13(3)22(26(4,24)25)17-10-14(19)5-6-16(17)20/h5-10,13H,1-4H3,(H,21,23)/t13-/m0/s1. The molecule has 2 aromatic rings. The van der Waals surface area contributed by atoms with E-state index in [1.165, 1.54) is 19.1 Å². The molecule has 1 N–H and O–H groups in total. The van der Waals surface area contributed by atoms with Crippen LogP contribution in [0.1, 0.15) is 18.1 Å². The highest BCUT2D eigenvalue weighted by Gasteiger charge is 2.30. The van der Waals surface area contributed by atoms with Crippen molar-refractivity contribution < 1.29 is 13.2 Å². The first kappa shape index (κ1) is 20.6. The molecular weight excluding hydrogens is 395 g/mol. The van der Waals surface area contributed by atoms with Gasteiger partial charge in [-0.3, -0.25) is 9.10 Å². The molecule has 0 fully saturated rings. The SMILES string of the molecule is Cc1cc(C)cc(NC(=O)[C@H](C)N(c2cc(Cl)ccc2Cl)S(C)(=O)=O)c1. The zero-order valence-electron chi connectivity index (χ0n) is 14.9. The van der Waals surface area contributed by atoms with Crippen LogP contribution in [0, 0.1) is 13.8 Å². The molecule has 0 saturated heterocycles. The number of aryl methyl sites for hydroxylation is 2. The first-order chi connectivity index (χ1) is 12.0. The number of anilines is 2. The molecule has 0 aliphatic rings. The number of carbonyl (C=O) groups is 1. The topological polar surface area (TPSA) is 66.5 Å². The van der Waals surface area contributed by atoms with E-state index in [4.69, 9.17) is 23.2 Å². The molecule has 0 heterocycles. The molecule has 0 saturated carbocycles. The lowest BCUT2D eigenvalue weighted by molar-refractivity contribution is -0.116. The minimum atomic E-state index is -3.78. The van der Waals surface area contributed by atoms with Crippen molar-refractivity contribution in [1.82, 2.24) is 0 Å². The van der Waals surface area contributed by atoms with Gasteiger partial charge in [0.05, 0.1) is 17.0 Å². The maximum Gasteiger partial charge on any atom is 0.247 e. The van der Waals surface area contributed by atoms with Gasteiger partial charge in [0.2, 0.25) is 15.9 Å². The summed E-state index contributed by atoms with van der Waals surface area (Å²) in [5.41, 5.74) is 2.74. The molecule has 0 aliphatic carbocycles. The lowest BCUT2D eigenvalue weighted by Crippen LogP contribution is -2.45. The smallest absolute Gasteiger partial charge is 0.247 e.